The average molecular weight is 399 g/mol. The minimum absolute atomic E-state index is 0.0807. The van der Waals surface area contributed by atoms with Crippen LogP contribution in [0.5, 0.6) is 0 Å². The normalized spacial score (nSPS) is 15.8. The zero-order chi connectivity index (χ0) is 18.5. The minimum atomic E-state index is -4.28. The number of nitrogens with one attached hydrogen (secondary N) is 1. The summed E-state index contributed by atoms with van der Waals surface area (Å²) >= 11 is 2.19. The van der Waals surface area contributed by atoms with Gasteiger partial charge in [-0.3, -0.25) is 9.88 Å². The van der Waals surface area contributed by atoms with Gasteiger partial charge >= 0.3 is 12.2 Å². The smallest absolute Gasteiger partial charge is 0.283 e. The van der Waals surface area contributed by atoms with Crippen molar-refractivity contribution < 1.29 is 18.0 Å². The molecule has 0 saturated heterocycles. The number of alkyl halides is 3. The third-order valence-electron chi connectivity index (χ3n) is 4.19. The van der Waals surface area contributed by atoms with Gasteiger partial charge < -0.3 is 0 Å². The highest BCUT2D eigenvalue weighted by molar-refractivity contribution is 7.19. The summed E-state index contributed by atoms with van der Waals surface area (Å²) in [5.41, 5.74) is -0.726. The Kier molecular flexibility index (Phi) is 3.88. The maximum absolute atomic E-state index is 13.3. The lowest BCUT2D eigenvalue weighted by Gasteiger charge is -2.15. The van der Waals surface area contributed by atoms with Crippen molar-refractivity contribution in [2.45, 2.75) is 31.4 Å². The Hall–Kier alpha value is -2.27. The zero-order valence-corrected chi connectivity index (χ0v) is 15.0. The van der Waals surface area contributed by atoms with E-state index in [-0.39, 0.29) is 17.8 Å². The van der Waals surface area contributed by atoms with E-state index in [2.05, 4.69) is 20.3 Å². The minimum Gasteiger partial charge on any atom is -0.283 e. The Labute approximate surface area is 153 Å². The molecule has 0 radical (unpaired) electrons. The Morgan fingerprint density at radius 1 is 1.35 bits per heavy atom. The van der Waals surface area contributed by atoms with E-state index in [1.54, 1.807) is 12.3 Å². The molecule has 0 spiro atoms. The molecule has 0 atom stereocenters. The molecule has 1 aliphatic carbocycles. The van der Waals surface area contributed by atoms with Crippen LogP contribution in [0.25, 0.3) is 10.6 Å². The molecule has 1 amide bonds. The van der Waals surface area contributed by atoms with Crippen molar-refractivity contribution >= 4 is 33.8 Å². The second-order valence-corrected chi connectivity index (χ2v) is 7.81. The Bertz CT molecular complexity index is 957. The molecule has 3 aromatic rings. The first kappa shape index (κ1) is 17.2. The molecule has 0 aliphatic heterocycles. The van der Waals surface area contributed by atoms with Crippen LogP contribution in [0, 0.1) is 6.92 Å². The van der Waals surface area contributed by atoms with Gasteiger partial charge in [-0.15, -0.1) is 11.3 Å². The van der Waals surface area contributed by atoms with E-state index in [0.29, 0.717) is 21.4 Å². The first-order chi connectivity index (χ1) is 12.3. The molecule has 1 fully saturated rings. The largest absolute Gasteiger partial charge is 0.400 e. The van der Waals surface area contributed by atoms with Crippen LogP contribution < -0.4 is 5.32 Å². The van der Waals surface area contributed by atoms with E-state index in [1.165, 1.54) is 34.6 Å². The molecule has 26 heavy (non-hydrogen) atoms. The maximum Gasteiger partial charge on any atom is 0.400 e. The highest BCUT2D eigenvalue weighted by Gasteiger charge is 2.66. The average Bonchev–Trinajstić information content (AvgIpc) is 2.95. The molecule has 136 valence electrons. The molecule has 6 nitrogen and oxygen atoms in total. The number of imidazole rings is 1. The van der Waals surface area contributed by atoms with Gasteiger partial charge in [0, 0.05) is 17.8 Å². The van der Waals surface area contributed by atoms with E-state index in [9.17, 15) is 18.0 Å². The van der Waals surface area contributed by atoms with E-state index in [4.69, 9.17) is 0 Å². The van der Waals surface area contributed by atoms with Gasteiger partial charge in [-0.25, -0.2) is 19.7 Å². The quantitative estimate of drug-likeness (QED) is 0.706. The molecule has 0 bridgehead atoms. The van der Waals surface area contributed by atoms with Crippen molar-refractivity contribution in [3.63, 3.8) is 0 Å². The van der Waals surface area contributed by atoms with Gasteiger partial charge in [-0.05, 0) is 19.8 Å². The highest BCUT2D eigenvalue weighted by atomic mass is 32.1. The summed E-state index contributed by atoms with van der Waals surface area (Å²) < 4.78 is 41.0. The summed E-state index contributed by atoms with van der Waals surface area (Å²) in [6.07, 6.45) is 0.206. The van der Waals surface area contributed by atoms with Gasteiger partial charge in [0.1, 0.15) is 16.7 Å². The summed E-state index contributed by atoms with van der Waals surface area (Å²) in [6, 6.07) is -0.421. The predicted octanol–water partition coefficient (Wildman–Crippen LogP) is 4.45. The van der Waals surface area contributed by atoms with Crippen molar-refractivity contribution in [1.29, 1.82) is 0 Å². The van der Waals surface area contributed by atoms with Crippen LogP contribution in [0.3, 0.4) is 0 Å². The van der Waals surface area contributed by atoms with E-state index >= 15 is 0 Å². The summed E-state index contributed by atoms with van der Waals surface area (Å²) in [6.45, 7) is 1.73. The second-order valence-electron chi connectivity index (χ2n) is 5.95. The van der Waals surface area contributed by atoms with Crippen LogP contribution in [0.15, 0.2) is 24.1 Å². The number of aromatic nitrogens is 4. The Morgan fingerprint density at radius 2 is 2.12 bits per heavy atom. The van der Waals surface area contributed by atoms with Crippen molar-refractivity contribution in [3.8, 4) is 10.6 Å². The number of amides is 1. The number of hydrogen-bond acceptors (Lipinski definition) is 6. The molecule has 1 aliphatic rings. The van der Waals surface area contributed by atoms with Crippen LogP contribution in [0.2, 0.25) is 0 Å². The summed E-state index contributed by atoms with van der Waals surface area (Å²) in [4.78, 5) is 25.0. The lowest BCUT2D eigenvalue weighted by molar-refractivity contribution is -0.160. The van der Waals surface area contributed by atoms with E-state index in [1.807, 2.05) is 0 Å². The van der Waals surface area contributed by atoms with Gasteiger partial charge in [0.15, 0.2) is 5.13 Å². The van der Waals surface area contributed by atoms with Gasteiger partial charge in [0.2, 0.25) is 0 Å². The number of aryl methyl sites for hydroxylation is 1. The number of nitrogens with zero attached hydrogens (tertiary/aromatic N) is 4. The monoisotopic (exact) mass is 399 g/mol. The van der Waals surface area contributed by atoms with Gasteiger partial charge in [0.25, 0.3) is 0 Å². The van der Waals surface area contributed by atoms with Crippen molar-refractivity contribution in [2.24, 2.45) is 0 Å². The van der Waals surface area contributed by atoms with Gasteiger partial charge in [-0.1, -0.05) is 11.3 Å². The fraction of sp³-hybridized carbons (Fsp3) is 0.333. The number of carbonyl (C=O) groups excluding carboxylic acids is 1. The molecule has 3 heterocycles. The van der Waals surface area contributed by atoms with Crippen LogP contribution >= 0.6 is 22.7 Å². The fourth-order valence-electron chi connectivity index (χ4n) is 2.56. The molecule has 11 heteroatoms. The molecule has 0 aromatic carbocycles. The second kappa shape index (κ2) is 5.88. The Balaban J connectivity index is 1.58. The number of rotatable bonds is 3. The summed E-state index contributed by atoms with van der Waals surface area (Å²) in [7, 11) is 0. The molecule has 1 N–H and O–H groups in total. The van der Waals surface area contributed by atoms with Crippen molar-refractivity contribution in [1.82, 2.24) is 19.5 Å². The summed E-state index contributed by atoms with van der Waals surface area (Å²) in [5.74, 6) is 0. The highest BCUT2D eigenvalue weighted by Crippen LogP contribution is 2.59. The standard InChI is InChI=1S/C15H12F3N5OS2/c1-8-10(26-12(20-8)22-13(24)23-5-4-19-7-23)9-6-25-11(21-9)14(2-3-14)15(16,17)18/h4-7H,2-3H2,1H3,(H,20,22,24). The molecule has 1 saturated carbocycles. The van der Waals surface area contributed by atoms with E-state index < -0.39 is 17.6 Å². The zero-order valence-electron chi connectivity index (χ0n) is 13.4. The lowest BCUT2D eigenvalue weighted by Crippen LogP contribution is -2.28. The third-order valence-corrected chi connectivity index (χ3v) is 6.33. The molecular formula is C15H12F3N5OS2. The van der Waals surface area contributed by atoms with Gasteiger partial charge in [0.05, 0.1) is 16.3 Å². The number of carbonyl (C=O) groups is 1. The predicted molar refractivity (Wildman–Crippen MR) is 91.6 cm³/mol. The fourth-order valence-corrected chi connectivity index (χ4v) is 4.65. The third kappa shape index (κ3) is 2.80. The molecule has 3 aromatic heterocycles. The maximum atomic E-state index is 13.3. The van der Waals surface area contributed by atoms with Crippen LogP contribution in [-0.2, 0) is 5.41 Å². The first-order valence-corrected chi connectivity index (χ1v) is 9.30. The Morgan fingerprint density at radius 3 is 2.73 bits per heavy atom. The number of halogens is 3. The van der Waals surface area contributed by atoms with E-state index in [0.717, 1.165) is 11.3 Å². The van der Waals surface area contributed by atoms with Gasteiger partial charge in [-0.2, -0.15) is 13.2 Å². The topological polar surface area (TPSA) is 72.7 Å². The lowest BCUT2D eigenvalue weighted by atomic mass is 10.1. The molecule has 4 rings (SSSR count). The van der Waals surface area contributed by atoms with Crippen molar-refractivity contribution in [2.75, 3.05) is 5.32 Å². The van der Waals surface area contributed by atoms with Crippen LogP contribution in [0.4, 0.5) is 23.1 Å². The molecular weight excluding hydrogens is 387 g/mol. The van der Waals surface area contributed by atoms with Crippen LogP contribution in [0.1, 0.15) is 23.5 Å². The van der Waals surface area contributed by atoms with Crippen LogP contribution in [-0.4, -0.2) is 31.7 Å². The first-order valence-electron chi connectivity index (χ1n) is 7.60. The number of anilines is 1. The SMILES string of the molecule is Cc1nc(NC(=O)n2ccnc2)sc1-c1csc(C2(C(F)(F)F)CC2)n1. The number of hydrogen-bond donors (Lipinski definition) is 1. The summed E-state index contributed by atoms with van der Waals surface area (Å²) in [5, 5.41) is 4.69. The number of thiazole rings is 2. The molecule has 0 unspecified atom stereocenters. The van der Waals surface area contributed by atoms with Crippen molar-refractivity contribution in [3.05, 3.63) is 34.8 Å².